The van der Waals surface area contributed by atoms with E-state index < -0.39 is 5.95 Å². The largest absolute Gasteiger partial charge is 0.380 e. The molecule has 1 fully saturated rings. The number of piperidine rings is 1. The van der Waals surface area contributed by atoms with Gasteiger partial charge in [0.05, 0.1) is 10.6 Å². The number of hydrogen-bond acceptors (Lipinski definition) is 3. The molecule has 0 bridgehead atoms. The maximum absolute atomic E-state index is 13.3. The molecule has 3 nitrogen and oxygen atoms in total. The fourth-order valence-electron chi connectivity index (χ4n) is 1.92. The number of rotatable bonds is 2. The van der Waals surface area contributed by atoms with E-state index in [0.717, 1.165) is 25.9 Å². The van der Waals surface area contributed by atoms with Crippen LogP contribution in [-0.2, 0) is 4.74 Å². The van der Waals surface area contributed by atoms with E-state index >= 15 is 0 Å². The monoisotopic (exact) mass is 288 g/mol. The average molecular weight is 289 g/mol. The molecule has 0 saturated carbocycles. The normalized spacial score (nSPS) is 21.2. The van der Waals surface area contributed by atoms with E-state index in [1.54, 1.807) is 13.2 Å². The third-order valence-electron chi connectivity index (χ3n) is 2.82. The number of nitrogens with zero attached hydrogens (tertiary/aromatic N) is 2. The number of halogens is 2. The molecule has 1 aliphatic rings. The van der Waals surface area contributed by atoms with Crippen molar-refractivity contribution in [1.29, 1.82) is 0 Å². The van der Waals surface area contributed by atoms with Crippen LogP contribution in [0.15, 0.2) is 16.6 Å². The van der Waals surface area contributed by atoms with Gasteiger partial charge in [0.15, 0.2) is 0 Å². The molecule has 0 aromatic carbocycles. The van der Waals surface area contributed by atoms with Gasteiger partial charge in [-0.05, 0) is 40.9 Å². The minimum absolute atomic E-state index is 0.224. The summed E-state index contributed by atoms with van der Waals surface area (Å²) in [6, 6.07) is 3.51. The minimum atomic E-state index is -0.461. The third-order valence-corrected chi connectivity index (χ3v) is 3.42. The van der Waals surface area contributed by atoms with Crippen molar-refractivity contribution in [2.75, 3.05) is 25.1 Å². The highest BCUT2D eigenvalue weighted by atomic mass is 79.9. The number of pyridine rings is 1. The predicted molar refractivity (Wildman–Crippen MR) is 64.1 cm³/mol. The first-order valence-electron chi connectivity index (χ1n) is 5.30. The lowest BCUT2D eigenvalue weighted by Gasteiger charge is -2.32. The van der Waals surface area contributed by atoms with Crippen molar-refractivity contribution in [3.8, 4) is 0 Å². The van der Waals surface area contributed by atoms with Crippen molar-refractivity contribution in [1.82, 2.24) is 4.98 Å². The van der Waals surface area contributed by atoms with Crippen LogP contribution < -0.4 is 4.90 Å². The van der Waals surface area contributed by atoms with Gasteiger partial charge in [0, 0.05) is 20.2 Å². The van der Waals surface area contributed by atoms with Gasteiger partial charge in [0.1, 0.15) is 5.82 Å². The first-order chi connectivity index (χ1) is 7.70. The van der Waals surface area contributed by atoms with E-state index in [0.29, 0.717) is 10.3 Å². The molecular formula is C11H14BrFN2O. The Balaban J connectivity index is 2.13. The molecule has 0 N–H and O–H groups in total. The fraction of sp³-hybridized carbons (Fsp3) is 0.545. The molecule has 1 aliphatic heterocycles. The third kappa shape index (κ3) is 2.52. The Bertz CT molecular complexity index is 375. The van der Waals surface area contributed by atoms with Crippen molar-refractivity contribution in [3.05, 3.63) is 22.6 Å². The Hall–Kier alpha value is -0.680. The highest BCUT2D eigenvalue weighted by Gasteiger charge is 2.20. The topological polar surface area (TPSA) is 25.4 Å². The zero-order valence-electron chi connectivity index (χ0n) is 9.12. The second-order valence-electron chi connectivity index (χ2n) is 3.89. The molecule has 5 heteroatoms. The van der Waals surface area contributed by atoms with Crippen LogP contribution in [0, 0.1) is 5.95 Å². The van der Waals surface area contributed by atoms with E-state index in [1.165, 1.54) is 0 Å². The van der Waals surface area contributed by atoms with Crippen LogP contribution in [0.3, 0.4) is 0 Å². The summed E-state index contributed by atoms with van der Waals surface area (Å²) in [5.74, 6) is 0.222. The van der Waals surface area contributed by atoms with Gasteiger partial charge in [0.25, 0.3) is 0 Å². The maximum atomic E-state index is 13.3. The van der Waals surface area contributed by atoms with E-state index in [-0.39, 0.29) is 6.10 Å². The number of anilines is 1. The standard InChI is InChI=1S/C11H14BrFN2O/c1-16-8-3-2-6-15(7-8)10-5-4-9(12)11(13)14-10/h4-5,8H,2-3,6-7H2,1H3/t8-/m1/s1. The Morgan fingerprint density at radius 1 is 1.56 bits per heavy atom. The minimum Gasteiger partial charge on any atom is -0.380 e. The van der Waals surface area contributed by atoms with E-state index in [1.807, 2.05) is 6.07 Å². The van der Waals surface area contributed by atoms with Gasteiger partial charge in [-0.15, -0.1) is 0 Å². The molecule has 1 aromatic rings. The molecule has 0 aliphatic carbocycles. The van der Waals surface area contributed by atoms with Gasteiger partial charge >= 0.3 is 0 Å². The summed E-state index contributed by atoms with van der Waals surface area (Å²) in [7, 11) is 1.71. The average Bonchev–Trinajstić information content (AvgIpc) is 2.33. The SMILES string of the molecule is CO[C@@H]1CCCN(c2ccc(Br)c(F)n2)C1. The molecule has 16 heavy (non-hydrogen) atoms. The number of hydrogen-bond donors (Lipinski definition) is 0. The van der Waals surface area contributed by atoms with Gasteiger partial charge in [-0.25, -0.2) is 4.98 Å². The summed E-state index contributed by atoms with van der Waals surface area (Å²) in [5.41, 5.74) is 0. The lowest BCUT2D eigenvalue weighted by Crippen LogP contribution is -2.39. The number of aromatic nitrogens is 1. The Morgan fingerprint density at radius 2 is 2.38 bits per heavy atom. The lowest BCUT2D eigenvalue weighted by atomic mass is 10.1. The molecule has 1 atom stereocenters. The van der Waals surface area contributed by atoms with E-state index in [9.17, 15) is 4.39 Å². The van der Waals surface area contributed by atoms with Crippen LogP contribution in [0.1, 0.15) is 12.8 Å². The van der Waals surface area contributed by atoms with Gasteiger partial charge in [-0.3, -0.25) is 0 Å². The second kappa shape index (κ2) is 5.10. The Morgan fingerprint density at radius 3 is 3.06 bits per heavy atom. The fourth-order valence-corrected chi connectivity index (χ4v) is 2.14. The van der Waals surface area contributed by atoms with Gasteiger partial charge in [-0.1, -0.05) is 0 Å². The molecule has 1 aromatic heterocycles. The lowest BCUT2D eigenvalue weighted by molar-refractivity contribution is 0.0891. The highest BCUT2D eigenvalue weighted by Crippen LogP contribution is 2.22. The van der Waals surface area contributed by atoms with Crippen LogP contribution in [0.5, 0.6) is 0 Å². The van der Waals surface area contributed by atoms with Crippen molar-refractivity contribution in [3.63, 3.8) is 0 Å². The van der Waals surface area contributed by atoms with Gasteiger partial charge in [0.2, 0.25) is 5.95 Å². The zero-order valence-corrected chi connectivity index (χ0v) is 10.7. The van der Waals surface area contributed by atoms with Crippen molar-refractivity contribution >= 4 is 21.7 Å². The van der Waals surface area contributed by atoms with Crippen LogP contribution in [0.4, 0.5) is 10.2 Å². The molecule has 1 saturated heterocycles. The van der Waals surface area contributed by atoms with E-state index in [2.05, 4.69) is 25.8 Å². The summed E-state index contributed by atoms with van der Waals surface area (Å²) in [4.78, 5) is 5.98. The maximum Gasteiger partial charge on any atom is 0.229 e. The summed E-state index contributed by atoms with van der Waals surface area (Å²) >= 11 is 3.10. The number of ether oxygens (including phenoxy) is 1. The Labute approximate surface area is 103 Å². The highest BCUT2D eigenvalue weighted by molar-refractivity contribution is 9.10. The predicted octanol–water partition coefficient (Wildman–Crippen LogP) is 2.60. The van der Waals surface area contributed by atoms with Crippen LogP contribution in [-0.4, -0.2) is 31.3 Å². The molecule has 2 rings (SSSR count). The number of methoxy groups -OCH3 is 1. The molecule has 0 unspecified atom stereocenters. The molecule has 88 valence electrons. The zero-order chi connectivity index (χ0) is 11.5. The molecule has 2 heterocycles. The summed E-state index contributed by atoms with van der Waals surface area (Å²) in [5, 5.41) is 0. The molecule has 0 radical (unpaired) electrons. The van der Waals surface area contributed by atoms with Gasteiger partial charge in [-0.2, -0.15) is 4.39 Å². The van der Waals surface area contributed by atoms with Crippen molar-refractivity contribution in [2.24, 2.45) is 0 Å². The van der Waals surface area contributed by atoms with Crippen LogP contribution in [0.2, 0.25) is 0 Å². The van der Waals surface area contributed by atoms with Crippen molar-refractivity contribution < 1.29 is 9.13 Å². The molecular weight excluding hydrogens is 275 g/mol. The molecule has 0 spiro atoms. The summed E-state index contributed by atoms with van der Waals surface area (Å²) < 4.78 is 19.0. The van der Waals surface area contributed by atoms with Crippen LogP contribution >= 0.6 is 15.9 Å². The first-order valence-corrected chi connectivity index (χ1v) is 6.10. The van der Waals surface area contributed by atoms with Gasteiger partial charge < -0.3 is 9.64 Å². The summed E-state index contributed by atoms with van der Waals surface area (Å²) in [6.45, 7) is 1.69. The Kier molecular flexibility index (Phi) is 3.76. The summed E-state index contributed by atoms with van der Waals surface area (Å²) in [6.07, 6.45) is 2.34. The van der Waals surface area contributed by atoms with Crippen LogP contribution in [0.25, 0.3) is 0 Å². The smallest absolute Gasteiger partial charge is 0.229 e. The first kappa shape index (κ1) is 11.8. The van der Waals surface area contributed by atoms with E-state index in [4.69, 9.17) is 4.74 Å². The van der Waals surface area contributed by atoms with Crippen molar-refractivity contribution in [2.45, 2.75) is 18.9 Å². The molecule has 0 amide bonds. The quantitative estimate of drug-likeness (QED) is 0.783. The second-order valence-corrected chi connectivity index (χ2v) is 4.74.